The fourth-order valence-corrected chi connectivity index (χ4v) is 3.01. The maximum absolute atomic E-state index is 12.6. The zero-order valence-electron chi connectivity index (χ0n) is 11.8. The maximum atomic E-state index is 12.6. The molecule has 3 rings (SSSR count). The molecule has 2 aliphatic rings. The third kappa shape index (κ3) is 2.96. The number of piperidine rings is 1. The Labute approximate surface area is 120 Å². The molecule has 1 atom stereocenters. The van der Waals surface area contributed by atoms with E-state index in [2.05, 4.69) is 5.32 Å². The highest BCUT2D eigenvalue weighted by molar-refractivity contribution is 5.95. The first-order valence-electron chi connectivity index (χ1n) is 7.60. The standard InChI is InChI=1S/C16H22N2O2/c19-16(12-13-6-3-4-9-17-13)18-10-5-11-20-15-8-2-1-7-14(15)18/h1-2,7-8,13,17H,3-6,9-12H2. The number of nitrogens with zero attached hydrogens (tertiary/aromatic N) is 1. The first-order chi connectivity index (χ1) is 9.84. The number of carbonyl (C=O) groups is 1. The van der Waals surface area contributed by atoms with Gasteiger partial charge in [0.15, 0.2) is 0 Å². The average molecular weight is 274 g/mol. The Balaban J connectivity index is 1.73. The predicted molar refractivity (Wildman–Crippen MR) is 79.2 cm³/mol. The third-order valence-corrected chi connectivity index (χ3v) is 4.07. The molecule has 1 aromatic carbocycles. The molecule has 4 heteroatoms. The summed E-state index contributed by atoms with van der Waals surface area (Å²) in [7, 11) is 0. The van der Waals surface area contributed by atoms with Crippen LogP contribution in [0.15, 0.2) is 24.3 Å². The van der Waals surface area contributed by atoms with E-state index in [-0.39, 0.29) is 5.91 Å². The number of nitrogens with one attached hydrogen (secondary N) is 1. The molecule has 2 heterocycles. The Bertz CT molecular complexity index is 469. The molecule has 1 fully saturated rings. The molecule has 0 spiro atoms. The second-order valence-corrected chi connectivity index (χ2v) is 5.57. The molecule has 0 aromatic heterocycles. The van der Waals surface area contributed by atoms with Gasteiger partial charge >= 0.3 is 0 Å². The van der Waals surface area contributed by atoms with Crippen LogP contribution in [0.25, 0.3) is 0 Å². The molecule has 1 N–H and O–H groups in total. The number of fused-ring (bicyclic) bond motifs is 1. The summed E-state index contributed by atoms with van der Waals surface area (Å²) >= 11 is 0. The molecular weight excluding hydrogens is 252 g/mol. The van der Waals surface area contributed by atoms with Gasteiger partial charge in [0.05, 0.1) is 12.3 Å². The maximum Gasteiger partial charge on any atom is 0.228 e. The smallest absolute Gasteiger partial charge is 0.228 e. The Hall–Kier alpha value is -1.55. The number of hydrogen-bond donors (Lipinski definition) is 1. The molecule has 1 unspecified atom stereocenters. The van der Waals surface area contributed by atoms with Gasteiger partial charge in [-0.1, -0.05) is 18.6 Å². The van der Waals surface area contributed by atoms with Crippen molar-refractivity contribution in [2.24, 2.45) is 0 Å². The van der Waals surface area contributed by atoms with Crippen LogP contribution in [0.3, 0.4) is 0 Å². The zero-order valence-corrected chi connectivity index (χ0v) is 11.8. The molecule has 1 aromatic rings. The number of rotatable bonds is 2. The molecule has 1 saturated heterocycles. The number of amides is 1. The van der Waals surface area contributed by atoms with Crippen molar-refractivity contribution >= 4 is 11.6 Å². The molecule has 0 aliphatic carbocycles. The van der Waals surface area contributed by atoms with Gasteiger partial charge in [0.2, 0.25) is 5.91 Å². The summed E-state index contributed by atoms with van der Waals surface area (Å²) in [5, 5.41) is 3.45. The normalized spacial score (nSPS) is 22.6. The van der Waals surface area contributed by atoms with Gasteiger partial charge in [-0.2, -0.15) is 0 Å². The lowest BCUT2D eigenvalue weighted by atomic mass is 10.0. The van der Waals surface area contributed by atoms with Gasteiger partial charge in [-0.25, -0.2) is 0 Å². The van der Waals surface area contributed by atoms with E-state index in [9.17, 15) is 4.79 Å². The Kier molecular flexibility index (Phi) is 4.21. The van der Waals surface area contributed by atoms with Crippen LogP contribution in [-0.4, -0.2) is 31.6 Å². The van der Waals surface area contributed by atoms with Gasteiger partial charge in [0.25, 0.3) is 0 Å². The second-order valence-electron chi connectivity index (χ2n) is 5.57. The first-order valence-corrected chi connectivity index (χ1v) is 7.60. The number of anilines is 1. The Morgan fingerprint density at radius 3 is 3.05 bits per heavy atom. The summed E-state index contributed by atoms with van der Waals surface area (Å²) in [6, 6.07) is 8.18. The van der Waals surface area contributed by atoms with Crippen molar-refractivity contribution in [1.29, 1.82) is 0 Å². The van der Waals surface area contributed by atoms with Crippen LogP contribution in [-0.2, 0) is 4.79 Å². The summed E-state index contributed by atoms with van der Waals surface area (Å²) < 4.78 is 5.71. The monoisotopic (exact) mass is 274 g/mol. The molecule has 20 heavy (non-hydrogen) atoms. The van der Waals surface area contributed by atoms with Crippen molar-refractivity contribution in [3.05, 3.63) is 24.3 Å². The number of hydrogen-bond acceptors (Lipinski definition) is 3. The topological polar surface area (TPSA) is 41.6 Å². The Morgan fingerprint density at radius 1 is 1.30 bits per heavy atom. The Morgan fingerprint density at radius 2 is 2.20 bits per heavy atom. The van der Waals surface area contributed by atoms with Crippen molar-refractivity contribution in [2.75, 3.05) is 24.6 Å². The molecule has 0 radical (unpaired) electrons. The van der Waals surface area contributed by atoms with Crippen molar-refractivity contribution < 1.29 is 9.53 Å². The number of benzene rings is 1. The number of carbonyl (C=O) groups excluding carboxylic acids is 1. The van der Waals surface area contributed by atoms with Crippen LogP contribution in [0.5, 0.6) is 5.75 Å². The van der Waals surface area contributed by atoms with E-state index in [1.54, 1.807) is 0 Å². The number of ether oxygens (including phenoxy) is 1. The molecule has 0 saturated carbocycles. The van der Waals surface area contributed by atoms with E-state index < -0.39 is 0 Å². The quantitative estimate of drug-likeness (QED) is 0.900. The fraction of sp³-hybridized carbons (Fsp3) is 0.562. The summed E-state index contributed by atoms with van der Waals surface area (Å²) in [4.78, 5) is 14.5. The zero-order chi connectivity index (χ0) is 13.8. The second kappa shape index (κ2) is 6.27. The number of para-hydroxylation sites is 2. The van der Waals surface area contributed by atoms with E-state index >= 15 is 0 Å². The van der Waals surface area contributed by atoms with Crippen LogP contribution in [0.1, 0.15) is 32.1 Å². The lowest BCUT2D eigenvalue weighted by Gasteiger charge is -2.27. The lowest BCUT2D eigenvalue weighted by Crippen LogP contribution is -2.40. The molecular formula is C16H22N2O2. The van der Waals surface area contributed by atoms with Gasteiger partial charge in [0.1, 0.15) is 5.75 Å². The minimum Gasteiger partial charge on any atom is -0.491 e. The van der Waals surface area contributed by atoms with Gasteiger partial charge in [-0.3, -0.25) is 4.79 Å². The van der Waals surface area contributed by atoms with Gasteiger partial charge < -0.3 is 15.0 Å². The summed E-state index contributed by atoms with van der Waals surface area (Å²) in [6.45, 7) is 2.47. The molecule has 0 bridgehead atoms. The molecule has 4 nitrogen and oxygen atoms in total. The minimum atomic E-state index is 0.211. The van der Waals surface area contributed by atoms with E-state index in [1.807, 2.05) is 29.2 Å². The van der Waals surface area contributed by atoms with Crippen LogP contribution >= 0.6 is 0 Å². The van der Waals surface area contributed by atoms with E-state index in [4.69, 9.17) is 4.74 Å². The molecule has 2 aliphatic heterocycles. The highest BCUT2D eigenvalue weighted by atomic mass is 16.5. The van der Waals surface area contributed by atoms with Crippen LogP contribution in [0, 0.1) is 0 Å². The summed E-state index contributed by atoms with van der Waals surface area (Å²) in [5.74, 6) is 1.04. The van der Waals surface area contributed by atoms with E-state index in [1.165, 1.54) is 12.8 Å². The van der Waals surface area contributed by atoms with E-state index in [0.29, 0.717) is 19.1 Å². The van der Waals surface area contributed by atoms with Crippen molar-refractivity contribution in [1.82, 2.24) is 5.32 Å². The average Bonchev–Trinajstić information content (AvgIpc) is 2.70. The summed E-state index contributed by atoms with van der Waals surface area (Å²) in [5.41, 5.74) is 0.922. The SMILES string of the molecule is O=C(CC1CCCCN1)N1CCCOc2ccccc21. The van der Waals surface area contributed by atoms with Crippen LogP contribution < -0.4 is 15.0 Å². The minimum absolute atomic E-state index is 0.211. The molecule has 108 valence electrons. The molecule has 1 amide bonds. The van der Waals surface area contributed by atoms with Crippen LogP contribution in [0.4, 0.5) is 5.69 Å². The predicted octanol–water partition coefficient (Wildman–Crippen LogP) is 2.33. The first kappa shape index (κ1) is 13.4. The third-order valence-electron chi connectivity index (χ3n) is 4.07. The van der Waals surface area contributed by atoms with E-state index in [0.717, 1.165) is 37.4 Å². The van der Waals surface area contributed by atoms with Crippen molar-refractivity contribution in [3.63, 3.8) is 0 Å². The van der Waals surface area contributed by atoms with Crippen LogP contribution in [0.2, 0.25) is 0 Å². The van der Waals surface area contributed by atoms with Gasteiger partial charge in [-0.15, -0.1) is 0 Å². The summed E-state index contributed by atoms with van der Waals surface area (Å²) in [6.07, 6.45) is 5.04. The van der Waals surface area contributed by atoms with Gasteiger partial charge in [0, 0.05) is 19.0 Å². The highest BCUT2D eigenvalue weighted by Crippen LogP contribution is 2.31. The van der Waals surface area contributed by atoms with Crippen molar-refractivity contribution in [2.45, 2.75) is 38.1 Å². The fourth-order valence-electron chi connectivity index (χ4n) is 3.01. The van der Waals surface area contributed by atoms with Gasteiger partial charge in [-0.05, 0) is 37.9 Å². The lowest BCUT2D eigenvalue weighted by molar-refractivity contribution is -0.119. The highest BCUT2D eigenvalue weighted by Gasteiger charge is 2.24. The largest absolute Gasteiger partial charge is 0.491 e. The van der Waals surface area contributed by atoms with Crippen molar-refractivity contribution in [3.8, 4) is 5.75 Å².